The highest BCUT2D eigenvalue weighted by Crippen LogP contribution is 2.28. The summed E-state index contributed by atoms with van der Waals surface area (Å²) in [5, 5.41) is 2.82. The van der Waals surface area contributed by atoms with Crippen LogP contribution >= 0.6 is 11.8 Å². The van der Waals surface area contributed by atoms with Crippen molar-refractivity contribution < 1.29 is 13.2 Å². The fourth-order valence-corrected chi connectivity index (χ4v) is 4.48. The zero-order chi connectivity index (χ0) is 22.3. The number of rotatable bonds is 10. The van der Waals surface area contributed by atoms with E-state index in [0.717, 1.165) is 29.2 Å². The van der Waals surface area contributed by atoms with E-state index in [2.05, 4.69) is 28.8 Å². The predicted molar refractivity (Wildman–Crippen MR) is 126 cm³/mol. The van der Waals surface area contributed by atoms with Gasteiger partial charge in [-0.1, -0.05) is 26.0 Å². The number of sulfonamides is 1. The molecule has 2 N–H and O–H groups in total. The van der Waals surface area contributed by atoms with Gasteiger partial charge in [0.2, 0.25) is 15.9 Å². The number of carbonyl (C=O) groups excluding carboxylic acids is 1. The average Bonchev–Trinajstić information content (AvgIpc) is 2.74. The third-order valence-corrected chi connectivity index (χ3v) is 6.99. The summed E-state index contributed by atoms with van der Waals surface area (Å²) in [6, 6.07) is 12.7. The van der Waals surface area contributed by atoms with Crippen molar-refractivity contribution >= 4 is 39.1 Å². The van der Waals surface area contributed by atoms with Crippen LogP contribution in [0.3, 0.4) is 0 Å². The quantitative estimate of drug-likeness (QED) is 0.528. The first-order valence-electron chi connectivity index (χ1n) is 10.0. The number of amides is 1. The van der Waals surface area contributed by atoms with E-state index in [4.69, 9.17) is 0 Å². The Morgan fingerprint density at radius 2 is 1.70 bits per heavy atom. The minimum absolute atomic E-state index is 0.124. The lowest BCUT2D eigenvalue weighted by Gasteiger charge is -2.21. The topological polar surface area (TPSA) is 78.5 Å². The molecule has 0 unspecified atom stereocenters. The van der Waals surface area contributed by atoms with Crippen molar-refractivity contribution in [1.82, 2.24) is 4.72 Å². The van der Waals surface area contributed by atoms with Crippen molar-refractivity contribution in [2.45, 2.75) is 44.0 Å². The van der Waals surface area contributed by atoms with E-state index < -0.39 is 10.0 Å². The van der Waals surface area contributed by atoms with Gasteiger partial charge in [0, 0.05) is 36.1 Å². The minimum atomic E-state index is -3.72. The molecule has 0 radical (unpaired) electrons. The van der Waals surface area contributed by atoms with Crippen LogP contribution in [0.2, 0.25) is 0 Å². The van der Waals surface area contributed by atoms with E-state index in [1.807, 2.05) is 30.5 Å². The molecule has 164 valence electrons. The standard InChI is InChI=1S/C22H31N3O3S2/c1-6-25(7-2)18-10-8-17(9-11-18)15-23-30(27,28)19-12-13-21(29-5)20(14-19)24-22(26)16(3)4/h8-14,16,23H,6-7,15H2,1-5H3,(H,24,26). The zero-order valence-electron chi connectivity index (χ0n) is 18.2. The second kappa shape index (κ2) is 10.8. The Morgan fingerprint density at radius 3 is 2.23 bits per heavy atom. The van der Waals surface area contributed by atoms with Crippen molar-refractivity contribution in [3.05, 3.63) is 48.0 Å². The summed E-state index contributed by atoms with van der Waals surface area (Å²) in [6.45, 7) is 9.83. The first-order valence-corrected chi connectivity index (χ1v) is 12.7. The number of nitrogens with zero attached hydrogens (tertiary/aromatic N) is 1. The van der Waals surface area contributed by atoms with Gasteiger partial charge < -0.3 is 10.2 Å². The molecule has 0 saturated heterocycles. The number of benzene rings is 2. The molecule has 0 aromatic heterocycles. The molecule has 2 rings (SSSR count). The average molecular weight is 450 g/mol. The fraction of sp³-hybridized carbons (Fsp3) is 0.409. The summed E-state index contributed by atoms with van der Waals surface area (Å²) in [7, 11) is -3.72. The number of hydrogen-bond donors (Lipinski definition) is 2. The van der Waals surface area contributed by atoms with E-state index in [-0.39, 0.29) is 23.3 Å². The molecule has 0 atom stereocenters. The molecule has 8 heteroatoms. The molecule has 30 heavy (non-hydrogen) atoms. The van der Waals surface area contributed by atoms with E-state index in [1.54, 1.807) is 26.0 Å². The summed E-state index contributed by atoms with van der Waals surface area (Å²) >= 11 is 1.45. The normalized spacial score (nSPS) is 11.5. The van der Waals surface area contributed by atoms with Crippen molar-refractivity contribution in [2.24, 2.45) is 5.92 Å². The summed E-state index contributed by atoms with van der Waals surface area (Å²) < 4.78 is 28.3. The van der Waals surface area contributed by atoms with Crippen LogP contribution in [0, 0.1) is 5.92 Å². The SMILES string of the molecule is CCN(CC)c1ccc(CNS(=O)(=O)c2ccc(SC)c(NC(=O)C(C)C)c2)cc1. The summed E-state index contributed by atoms with van der Waals surface area (Å²) in [4.78, 5) is 15.3. The van der Waals surface area contributed by atoms with Crippen LogP contribution in [0.1, 0.15) is 33.3 Å². The number of anilines is 2. The van der Waals surface area contributed by atoms with Crippen molar-refractivity contribution in [3.63, 3.8) is 0 Å². The first-order chi connectivity index (χ1) is 14.2. The van der Waals surface area contributed by atoms with E-state index in [1.165, 1.54) is 17.8 Å². The highest BCUT2D eigenvalue weighted by molar-refractivity contribution is 7.98. The molecule has 0 aliphatic heterocycles. The van der Waals surface area contributed by atoms with Crippen molar-refractivity contribution in [2.75, 3.05) is 29.6 Å². The third kappa shape index (κ3) is 6.23. The van der Waals surface area contributed by atoms with Gasteiger partial charge in [-0.3, -0.25) is 4.79 Å². The van der Waals surface area contributed by atoms with Gasteiger partial charge in [-0.25, -0.2) is 13.1 Å². The van der Waals surface area contributed by atoms with E-state index in [9.17, 15) is 13.2 Å². The second-order valence-electron chi connectivity index (χ2n) is 7.17. The molecule has 2 aromatic rings. The molecule has 2 aromatic carbocycles. The lowest BCUT2D eigenvalue weighted by Crippen LogP contribution is -2.24. The highest BCUT2D eigenvalue weighted by atomic mass is 32.2. The Hall–Kier alpha value is -2.03. The maximum atomic E-state index is 12.8. The number of thioether (sulfide) groups is 1. The van der Waals surface area contributed by atoms with Gasteiger partial charge in [0.15, 0.2) is 0 Å². The summed E-state index contributed by atoms with van der Waals surface area (Å²) in [6.07, 6.45) is 1.88. The van der Waals surface area contributed by atoms with Gasteiger partial charge in [-0.2, -0.15) is 0 Å². The van der Waals surface area contributed by atoms with E-state index in [0.29, 0.717) is 5.69 Å². The Balaban J connectivity index is 2.16. The molecular weight excluding hydrogens is 418 g/mol. The molecule has 0 aliphatic rings. The lowest BCUT2D eigenvalue weighted by atomic mass is 10.2. The lowest BCUT2D eigenvalue weighted by molar-refractivity contribution is -0.118. The number of hydrogen-bond acceptors (Lipinski definition) is 5. The van der Waals surface area contributed by atoms with Gasteiger partial charge >= 0.3 is 0 Å². The smallest absolute Gasteiger partial charge is 0.240 e. The Bertz CT molecular complexity index is 954. The second-order valence-corrected chi connectivity index (χ2v) is 9.78. The molecule has 0 aliphatic carbocycles. The highest BCUT2D eigenvalue weighted by Gasteiger charge is 2.18. The van der Waals surface area contributed by atoms with Crippen molar-refractivity contribution in [3.8, 4) is 0 Å². The van der Waals surface area contributed by atoms with Crippen LogP contribution < -0.4 is 14.9 Å². The van der Waals surface area contributed by atoms with Crippen molar-refractivity contribution in [1.29, 1.82) is 0 Å². The zero-order valence-corrected chi connectivity index (χ0v) is 19.9. The fourth-order valence-electron chi connectivity index (χ4n) is 2.90. The van der Waals surface area contributed by atoms with Gasteiger partial charge in [0.1, 0.15) is 0 Å². The number of nitrogens with one attached hydrogen (secondary N) is 2. The molecule has 0 heterocycles. The van der Waals surface area contributed by atoms with E-state index >= 15 is 0 Å². The maximum absolute atomic E-state index is 12.8. The molecular formula is C22H31N3O3S2. The van der Waals surface area contributed by atoms with Crippen LogP contribution in [-0.4, -0.2) is 33.7 Å². The van der Waals surface area contributed by atoms with Gasteiger partial charge in [-0.05, 0) is 56.0 Å². The Morgan fingerprint density at radius 1 is 1.07 bits per heavy atom. The molecule has 0 fully saturated rings. The predicted octanol–water partition coefficient (Wildman–Crippen LogP) is 4.33. The third-order valence-electron chi connectivity index (χ3n) is 4.79. The summed E-state index contributed by atoms with van der Waals surface area (Å²) in [5.74, 6) is -0.349. The molecule has 0 spiro atoms. The van der Waals surface area contributed by atoms with Crippen LogP contribution in [0.4, 0.5) is 11.4 Å². The van der Waals surface area contributed by atoms with Crippen LogP contribution in [0.5, 0.6) is 0 Å². The van der Waals surface area contributed by atoms with Crippen LogP contribution in [0.15, 0.2) is 52.3 Å². The monoisotopic (exact) mass is 449 g/mol. The molecule has 6 nitrogen and oxygen atoms in total. The van der Waals surface area contributed by atoms with Gasteiger partial charge in [-0.15, -0.1) is 11.8 Å². The van der Waals surface area contributed by atoms with Gasteiger partial charge in [0.05, 0.1) is 10.6 Å². The summed E-state index contributed by atoms with van der Waals surface area (Å²) in [5.41, 5.74) is 2.50. The number of carbonyl (C=O) groups is 1. The van der Waals surface area contributed by atoms with Crippen LogP contribution in [-0.2, 0) is 21.4 Å². The minimum Gasteiger partial charge on any atom is -0.372 e. The van der Waals surface area contributed by atoms with Gasteiger partial charge in [0.25, 0.3) is 0 Å². The maximum Gasteiger partial charge on any atom is 0.240 e. The molecule has 0 saturated carbocycles. The molecule has 1 amide bonds. The Kier molecular flexibility index (Phi) is 8.76. The molecule has 0 bridgehead atoms. The largest absolute Gasteiger partial charge is 0.372 e. The Labute approximate surface area is 184 Å². The first kappa shape index (κ1) is 24.2. The van der Waals surface area contributed by atoms with Crippen LogP contribution in [0.25, 0.3) is 0 Å².